The van der Waals surface area contributed by atoms with Crippen molar-refractivity contribution in [2.45, 2.75) is 81.8 Å². The Bertz CT molecular complexity index is 1310. The number of rotatable bonds is 9. The minimum Gasteiger partial charge on any atom is -0.321 e. The maximum atomic E-state index is 14.2. The summed E-state index contributed by atoms with van der Waals surface area (Å²) >= 11 is 6.08. The van der Waals surface area contributed by atoms with Crippen LogP contribution < -0.4 is 11.1 Å². The molecule has 2 aliphatic heterocycles. The van der Waals surface area contributed by atoms with Crippen LogP contribution in [0.2, 0.25) is 5.02 Å². The zero-order valence-corrected chi connectivity index (χ0v) is 24.9. The summed E-state index contributed by atoms with van der Waals surface area (Å²) in [6.07, 6.45) is 7.51. The standard InChI is InChI=1S/C31H40ClF2N3O3S/c32-24-10-7-21(8-11-24)30(23-14-25(33)17-26(34)15-23)31(35)29(38)16-22-5-2-1-4-20(22)9-12-28-18-36-27-6-3-13-41(39,40)37(28)19-27/h7-8,10-11,14-15,17,20,22,27-28,30-31,36H,1-6,9,12-13,16,18-19,35H2/t20-,22-,27-,28+,30+,31-/m1/s1. The number of carbonyl (C=O) groups excluding carboxylic acids is 1. The quantitative estimate of drug-likeness (QED) is 0.399. The molecule has 224 valence electrons. The van der Waals surface area contributed by atoms with Crippen molar-refractivity contribution in [3.8, 4) is 0 Å². The molecule has 2 aromatic rings. The van der Waals surface area contributed by atoms with E-state index in [2.05, 4.69) is 5.32 Å². The zero-order valence-electron chi connectivity index (χ0n) is 23.3. The number of halogens is 3. The van der Waals surface area contributed by atoms with Gasteiger partial charge < -0.3 is 11.1 Å². The summed E-state index contributed by atoms with van der Waals surface area (Å²) in [5.74, 6) is -1.65. The number of benzene rings is 2. The van der Waals surface area contributed by atoms with Gasteiger partial charge in [-0.2, -0.15) is 4.31 Å². The smallest absolute Gasteiger partial charge is 0.214 e. The Hall–Kier alpha value is -1.91. The Morgan fingerprint density at radius 3 is 2.37 bits per heavy atom. The number of nitrogens with one attached hydrogen (secondary N) is 1. The van der Waals surface area contributed by atoms with Crippen LogP contribution in [-0.2, 0) is 14.8 Å². The third-order valence-corrected chi connectivity index (χ3v) is 11.6. The van der Waals surface area contributed by atoms with Crippen molar-refractivity contribution in [2.75, 3.05) is 18.8 Å². The predicted molar refractivity (Wildman–Crippen MR) is 157 cm³/mol. The molecule has 0 amide bonds. The first-order chi connectivity index (χ1) is 19.6. The Morgan fingerprint density at radius 1 is 0.976 bits per heavy atom. The number of hydrogen-bond acceptors (Lipinski definition) is 5. The van der Waals surface area contributed by atoms with E-state index in [1.807, 2.05) is 0 Å². The van der Waals surface area contributed by atoms with Crippen molar-refractivity contribution in [1.82, 2.24) is 9.62 Å². The number of sulfonamides is 1. The molecular weight excluding hydrogens is 568 g/mol. The van der Waals surface area contributed by atoms with Crippen molar-refractivity contribution in [2.24, 2.45) is 17.6 Å². The molecule has 5 rings (SSSR count). The molecule has 2 saturated heterocycles. The van der Waals surface area contributed by atoms with Crippen molar-refractivity contribution >= 4 is 27.4 Å². The van der Waals surface area contributed by atoms with Gasteiger partial charge in [-0.15, -0.1) is 0 Å². The molecule has 0 spiro atoms. The lowest BCUT2D eigenvalue weighted by molar-refractivity contribution is -0.122. The van der Waals surface area contributed by atoms with E-state index in [4.69, 9.17) is 17.3 Å². The summed E-state index contributed by atoms with van der Waals surface area (Å²) in [6.45, 7) is 1.21. The predicted octanol–water partition coefficient (Wildman–Crippen LogP) is 5.39. The highest BCUT2D eigenvalue weighted by Crippen LogP contribution is 2.38. The largest absolute Gasteiger partial charge is 0.321 e. The maximum Gasteiger partial charge on any atom is 0.214 e. The maximum absolute atomic E-state index is 14.2. The monoisotopic (exact) mass is 607 g/mol. The van der Waals surface area contributed by atoms with Gasteiger partial charge >= 0.3 is 0 Å². The topological polar surface area (TPSA) is 92.5 Å². The highest BCUT2D eigenvalue weighted by atomic mass is 35.5. The van der Waals surface area contributed by atoms with E-state index in [9.17, 15) is 22.0 Å². The number of piperazine rings is 1. The first kappa shape index (κ1) is 30.5. The minimum atomic E-state index is -3.25. The third-order valence-electron chi connectivity index (χ3n) is 9.37. The Labute approximate surface area is 247 Å². The second-order valence-corrected chi connectivity index (χ2v) is 14.6. The molecule has 3 N–H and O–H groups in total. The molecule has 3 fully saturated rings. The van der Waals surface area contributed by atoms with Crippen LogP contribution in [0, 0.1) is 23.5 Å². The van der Waals surface area contributed by atoms with E-state index in [0.29, 0.717) is 48.0 Å². The van der Waals surface area contributed by atoms with Gasteiger partial charge in [-0.05, 0) is 79.3 Å². The van der Waals surface area contributed by atoms with Crippen LogP contribution >= 0.6 is 11.6 Å². The molecule has 1 aliphatic carbocycles. The van der Waals surface area contributed by atoms with E-state index in [0.717, 1.165) is 51.0 Å². The van der Waals surface area contributed by atoms with E-state index in [1.165, 1.54) is 12.1 Å². The van der Waals surface area contributed by atoms with Gasteiger partial charge in [-0.1, -0.05) is 43.0 Å². The van der Waals surface area contributed by atoms with Gasteiger partial charge in [0.25, 0.3) is 0 Å². The first-order valence-electron chi connectivity index (χ1n) is 14.8. The molecule has 2 bridgehead atoms. The van der Waals surface area contributed by atoms with Crippen LogP contribution in [0.3, 0.4) is 0 Å². The van der Waals surface area contributed by atoms with E-state index in [1.54, 1.807) is 28.6 Å². The van der Waals surface area contributed by atoms with Gasteiger partial charge in [-0.25, -0.2) is 17.2 Å². The average Bonchev–Trinajstić information content (AvgIpc) is 3.04. The Balaban J connectivity index is 1.29. The SMILES string of the molecule is N[C@H](C(=O)C[C@H]1CCCC[C@@H]1CC[C@H]1CN[C@@H]2CCCS(=O)(=O)N1C2)[C@@H](c1ccc(Cl)cc1)c1cc(F)cc(F)c1. The van der Waals surface area contributed by atoms with Crippen LogP contribution in [0.15, 0.2) is 42.5 Å². The van der Waals surface area contributed by atoms with Gasteiger partial charge in [0.15, 0.2) is 5.78 Å². The molecule has 41 heavy (non-hydrogen) atoms. The van der Waals surface area contributed by atoms with Crippen molar-refractivity contribution in [3.05, 3.63) is 70.2 Å². The van der Waals surface area contributed by atoms with Crippen LogP contribution in [0.25, 0.3) is 0 Å². The normalized spacial score (nSPS) is 29.3. The Kier molecular flexibility index (Phi) is 9.81. The fourth-order valence-electron chi connectivity index (χ4n) is 7.20. The molecule has 1 unspecified atom stereocenters. The van der Waals surface area contributed by atoms with Crippen molar-refractivity contribution in [3.63, 3.8) is 0 Å². The number of Topliss-reactive ketones (excluding diaryl/α,β-unsaturated/α-hetero) is 1. The molecule has 3 aliphatic rings. The van der Waals surface area contributed by atoms with Crippen LogP contribution in [0.1, 0.15) is 74.8 Å². The van der Waals surface area contributed by atoms with Gasteiger partial charge in [0.1, 0.15) is 11.6 Å². The molecule has 0 aromatic heterocycles. The average molecular weight is 608 g/mol. The number of nitrogens with two attached hydrogens (primary N) is 1. The van der Waals surface area contributed by atoms with E-state index >= 15 is 0 Å². The first-order valence-corrected chi connectivity index (χ1v) is 16.8. The summed E-state index contributed by atoms with van der Waals surface area (Å²) in [5, 5.41) is 4.05. The fraction of sp³-hybridized carbons (Fsp3) is 0.581. The molecule has 2 aromatic carbocycles. The van der Waals surface area contributed by atoms with Gasteiger partial charge in [0.2, 0.25) is 10.0 Å². The number of fused-ring (bicyclic) bond motifs is 2. The van der Waals surface area contributed by atoms with Gasteiger partial charge in [0, 0.05) is 48.6 Å². The lowest BCUT2D eigenvalue weighted by atomic mass is 9.72. The molecule has 0 radical (unpaired) electrons. The number of hydrogen-bond donors (Lipinski definition) is 2. The van der Waals surface area contributed by atoms with Gasteiger partial charge in [0.05, 0.1) is 11.8 Å². The molecular formula is C31H40ClF2N3O3S. The van der Waals surface area contributed by atoms with Crippen LogP contribution in [-0.4, -0.2) is 55.5 Å². The Morgan fingerprint density at radius 2 is 1.66 bits per heavy atom. The fourth-order valence-corrected chi connectivity index (χ4v) is 9.13. The van der Waals surface area contributed by atoms with E-state index < -0.39 is 33.6 Å². The molecule has 10 heteroatoms. The lowest BCUT2D eigenvalue weighted by Gasteiger charge is -2.39. The number of ketones is 1. The summed E-state index contributed by atoms with van der Waals surface area (Å²) in [6, 6.07) is 9.30. The third kappa shape index (κ3) is 7.36. The minimum absolute atomic E-state index is 0.0629. The van der Waals surface area contributed by atoms with Crippen molar-refractivity contribution < 1.29 is 22.0 Å². The van der Waals surface area contributed by atoms with Crippen LogP contribution in [0.5, 0.6) is 0 Å². The summed E-state index contributed by atoms with van der Waals surface area (Å²) in [4.78, 5) is 13.7. The highest BCUT2D eigenvalue weighted by Gasteiger charge is 2.39. The van der Waals surface area contributed by atoms with Crippen LogP contribution in [0.4, 0.5) is 8.78 Å². The molecule has 2 heterocycles. The lowest BCUT2D eigenvalue weighted by Crippen LogP contribution is -2.57. The van der Waals surface area contributed by atoms with E-state index in [-0.39, 0.29) is 29.5 Å². The zero-order chi connectivity index (χ0) is 29.1. The van der Waals surface area contributed by atoms with Gasteiger partial charge in [-0.3, -0.25) is 4.79 Å². The molecule has 1 saturated carbocycles. The molecule has 7 atom stereocenters. The highest BCUT2D eigenvalue weighted by molar-refractivity contribution is 7.89. The second kappa shape index (κ2) is 13.2. The number of nitrogens with zero attached hydrogens (tertiary/aromatic N) is 1. The summed E-state index contributed by atoms with van der Waals surface area (Å²) in [5.41, 5.74) is 7.59. The summed E-state index contributed by atoms with van der Waals surface area (Å²) < 4.78 is 56.0. The molecule has 6 nitrogen and oxygen atoms in total. The van der Waals surface area contributed by atoms with Crippen molar-refractivity contribution in [1.29, 1.82) is 0 Å². The summed E-state index contributed by atoms with van der Waals surface area (Å²) in [7, 11) is -3.25. The number of carbonyl (C=O) groups is 1. The second-order valence-electron chi connectivity index (χ2n) is 12.1.